The highest BCUT2D eigenvalue weighted by molar-refractivity contribution is 5.87. The van der Waals surface area contributed by atoms with Crippen LogP contribution in [0.1, 0.15) is 22.3 Å². The average molecular weight is 236 g/mol. The number of esters is 1. The van der Waals surface area contributed by atoms with Crippen LogP contribution in [0.3, 0.4) is 0 Å². The van der Waals surface area contributed by atoms with E-state index in [0.29, 0.717) is 0 Å². The molecule has 0 fully saturated rings. The molecule has 0 aliphatic heterocycles. The van der Waals surface area contributed by atoms with Crippen LogP contribution in [0.25, 0.3) is 0 Å². The Labute approximate surface area is 97.0 Å². The molecule has 0 saturated heterocycles. The van der Waals surface area contributed by atoms with Gasteiger partial charge in [0.15, 0.2) is 0 Å². The van der Waals surface area contributed by atoms with E-state index < -0.39 is 17.8 Å². The summed E-state index contributed by atoms with van der Waals surface area (Å²) in [5.74, 6) is 2.40. The van der Waals surface area contributed by atoms with Crippen molar-refractivity contribution in [2.45, 2.75) is 6.42 Å². The summed E-state index contributed by atoms with van der Waals surface area (Å²) in [5, 5.41) is 8.62. The molecular formula is C12H9FO4. The van der Waals surface area contributed by atoms with Crippen LogP contribution >= 0.6 is 0 Å². The van der Waals surface area contributed by atoms with Gasteiger partial charge in [-0.15, -0.1) is 0 Å². The number of hydrogen-bond donors (Lipinski definition) is 1. The number of carboxylic acid groups (broad SMARTS) is 1. The third-order valence-electron chi connectivity index (χ3n) is 1.90. The summed E-state index contributed by atoms with van der Waals surface area (Å²) in [5.41, 5.74) is -0.111. The number of methoxy groups -OCH3 is 1. The van der Waals surface area contributed by atoms with Crippen LogP contribution in [0, 0.1) is 17.7 Å². The van der Waals surface area contributed by atoms with Crippen molar-refractivity contribution in [3.63, 3.8) is 0 Å². The maximum absolute atomic E-state index is 13.3. The first kappa shape index (κ1) is 12.7. The van der Waals surface area contributed by atoms with Gasteiger partial charge in [-0.2, -0.15) is 0 Å². The zero-order valence-corrected chi connectivity index (χ0v) is 8.99. The summed E-state index contributed by atoms with van der Waals surface area (Å²) in [7, 11) is 1.23. The molecule has 17 heavy (non-hydrogen) atoms. The van der Waals surface area contributed by atoms with Crippen LogP contribution in [0.5, 0.6) is 0 Å². The van der Waals surface area contributed by atoms with E-state index in [4.69, 9.17) is 5.11 Å². The highest BCUT2D eigenvalue weighted by Gasteiger charge is 2.06. The fourth-order valence-electron chi connectivity index (χ4n) is 1.03. The van der Waals surface area contributed by atoms with Gasteiger partial charge in [0.1, 0.15) is 12.2 Å². The van der Waals surface area contributed by atoms with Gasteiger partial charge >= 0.3 is 11.9 Å². The van der Waals surface area contributed by atoms with E-state index in [-0.39, 0.29) is 17.5 Å². The van der Waals surface area contributed by atoms with Crippen molar-refractivity contribution in [1.82, 2.24) is 0 Å². The Hall–Kier alpha value is -2.35. The number of ether oxygens (including phenoxy) is 1. The van der Waals surface area contributed by atoms with Gasteiger partial charge in [0.05, 0.1) is 18.2 Å². The largest absolute Gasteiger partial charge is 0.478 e. The lowest BCUT2D eigenvalue weighted by atomic mass is 10.1. The second-order valence-electron chi connectivity index (χ2n) is 3.05. The molecular weight excluding hydrogens is 227 g/mol. The lowest BCUT2D eigenvalue weighted by molar-refractivity contribution is -0.139. The molecule has 1 N–H and O–H groups in total. The SMILES string of the molecule is COC(=O)CC#Cc1ccc(C(=O)O)cc1F. The van der Waals surface area contributed by atoms with Gasteiger partial charge in [-0.3, -0.25) is 4.79 Å². The summed E-state index contributed by atoms with van der Waals surface area (Å²) in [6, 6.07) is 3.38. The molecule has 1 aromatic rings. The summed E-state index contributed by atoms with van der Waals surface area (Å²) in [6.07, 6.45) is -0.142. The predicted molar refractivity (Wildman–Crippen MR) is 56.9 cm³/mol. The van der Waals surface area contributed by atoms with E-state index in [9.17, 15) is 14.0 Å². The first-order valence-corrected chi connectivity index (χ1v) is 4.63. The van der Waals surface area contributed by atoms with Gasteiger partial charge in [-0.05, 0) is 18.2 Å². The lowest BCUT2D eigenvalue weighted by Gasteiger charge is -1.97. The number of carboxylic acids is 1. The zero-order chi connectivity index (χ0) is 12.8. The number of hydrogen-bond acceptors (Lipinski definition) is 3. The molecule has 0 heterocycles. The Kier molecular flexibility index (Phi) is 4.23. The molecule has 1 rings (SSSR count). The van der Waals surface area contributed by atoms with Crippen molar-refractivity contribution in [2.24, 2.45) is 0 Å². The quantitative estimate of drug-likeness (QED) is 0.623. The fraction of sp³-hybridized carbons (Fsp3) is 0.167. The Morgan fingerprint density at radius 3 is 2.71 bits per heavy atom. The molecule has 0 radical (unpaired) electrons. The van der Waals surface area contributed by atoms with Crippen LogP contribution in [0.4, 0.5) is 4.39 Å². The monoisotopic (exact) mass is 236 g/mol. The van der Waals surface area contributed by atoms with Crippen LogP contribution in [-0.2, 0) is 9.53 Å². The Morgan fingerprint density at radius 1 is 1.47 bits per heavy atom. The van der Waals surface area contributed by atoms with Crippen LogP contribution in [-0.4, -0.2) is 24.2 Å². The lowest BCUT2D eigenvalue weighted by Crippen LogP contribution is -1.98. The number of benzene rings is 1. The molecule has 4 nitrogen and oxygen atoms in total. The van der Waals surface area contributed by atoms with E-state index in [0.717, 1.165) is 6.07 Å². The van der Waals surface area contributed by atoms with Gasteiger partial charge in [0, 0.05) is 0 Å². The van der Waals surface area contributed by atoms with E-state index in [2.05, 4.69) is 16.6 Å². The van der Waals surface area contributed by atoms with Gasteiger partial charge in [-0.25, -0.2) is 9.18 Å². The van der Waals surface area contributed by atoms with E-state index in [1.807, 2.05) is 0 Å². The van der Waals surface area contributed by atoms with Crippen molar-refractivity contribution in [2.75, 3.05) is 7.11 Å². The summed E-state index contributed by atoms with van der Waals surface area (Å²) in [6.45, 7) is 0. The standard InChI is InChI=1S/C12H9FO4/c1-17-11(14)4-2-3-8-5-6-9(12(15)16)7-10(8)13/h5-7H,4H2,1H3,(H,15,16). The summed E-state index contributed by atoms with van der Waals surface area (Å²) >= 11 is 0. The second-order valence-corrected chi connectivity index (χ2v) is 3.05. The highest BCUT2D eigenvalue weighted by Crippen LogP contribution is 2.09. The van der Waals surface area contributed by atoms with E-state index in [1.165, 1.54) is 19.2 Å². The van der Waals surface area contributed by atoms with Gasteiger partial charge in [0.25, 0.3) is 0 Å². The minimum Gasteiger partial charge on any atom is -0.478 e. The molecule has 1 aromatic carbocycles. The minimum atomic E-state index is -1.21. The first-order valence-electron chi connectivity index (χ1n) is 4.63. The molecule has 0 saturated carbocycles. The van der Waals surface area contributed by atoms with Crippen molar-refractivity contribution >= 4 is 11.9 Å². The van der Waals surface area contributed by atoms with Crippen molar-refractivity contribution in [3.05, 3.63) is 35.1 Å². The molecule has 0 aromatic heterocycles. The van der Waals surface area contributed by atoms with E-state index in [1.54, 1.807) is 0 Å². The average Bonchev–Trinajstić information content (AvgIpc) is 2.30. The Morgan fingerprint density at radius 2 is 2.18 bits per heavy atom. The number of carbonyl (C=O) groups excluding carboxylic acids is 1. The molecule has 0 aliphatic carbocycles. The van der Waals surface area contributed by atoms with Crippen molar-refractivity contribution in [3.8, 4) is 11.8 Å². The zero-order valence-electron chi connectivity index (χ0n) is 8.99. The maximum Gasteiger partial charge on any atom is 0.335 e. The molecule has 5 heteroatoms. The van der Waals surface area contributed by atoms with Gasteiger partial charge in [-0.1, -0.05) is 11.8 Å². The third-order valence-corrected chi connectivity index (χ3v) is 1.90. The molecule has 0 bridgehead atoms. The minimum absolute atomic E-state index is 0.0407. The number of rotatable bonds is 2. The first-order chi connectivity index (χ1) is 8.04. The second kappa shape index (κ2) is 5.66. The Bertz CT molecular complexity index is 511. The molecule has 0 unspecified atom stereocenters. The third kappa shape index (κ3) is 3.61. The van der Waals surface area contributed by atoms with Crippen LogP contribution in [0.2, 0.25) is 0 Å². The molecule has 88 valence electrons. The van der Waals surface area contributed by atoms with Gasteiger partial charge < -0.3 is 9.84 Å². The molecule has 0 amide bonds. The smallest absolute Gasteiger partial charge is 0.335 e. The van der Waals surface area contributed by atoms with E-state index >= 15 is 0 Å². The maximum atomic E-state index is 13.3. The summed E-state index contributed by atoms with van der Waals surface area (Å²) < 4.78 is 17.7. The number of halogens is 1. The Balaban J connectivity index is 2.86. The predicted octanol–water partition coefficient (Wildman–Crippen LogP) is 1.44. The molecule has 0 spiro atoms. The van der Waals surface area contributed by atoms with Crippen molar-refractivity contribution in [1.29, 1.82) is 0 Å². The van der Waals surface area contributed by atoms with Crippen LogP contribution < -0.4 is 0 Å². The fourth-order valence-corrected chi connectivity index (χ4v) is 1.03. The number of carbonyl (C=O) groups is 2. The van der Waals surface area contributed by atoms with Crippen LogP contribution in [0.15, 0.2) is 18.2 Å². The van der Waals surface area contributed by atoms with Gasteiger partial charge in [0.2, 0.25) is 0 Å². The molecule has 0 aliphatic rings. The summed E-state index contributed by atoms with van der Waals surface area (Å²) in [4.78, 5) is 21.3. The molecule has 0 atom stereocenters. The topological polar surface area (TPSA) is 63.6 Å². The van der Waals surface area contributed by atoms with Crippen molar-refractivity contribution < 1.29 is 23.8 Å². The highest BCUT2D eigenvalue weighted by atomic mass is 19.1. The normalized spacial score (nSPS) is 9.06. The number of aromatic carboxylic acids is 1.